The fourth-order valence-electron chi connectivity index (χ4n) is 0.909. The van der Waals surface area contributed by atoms with Crippen molar-refractivity contribution in [1.82, 2.24) is 10.6 Å². The Bertz CT molecular complexity index is 140. The van der Waals surface area contributed by atoms with Gasteiger partial charge in [-0.1, -0.05) is 6.92 Å². The third-order valence-corrected chi connectivity index (χ3v) is 1.87. The van der Waals surface area contributed by atoms with Gasteiger partial charge < -0.3 is 15.7 Å². The number of amides is 1. The van der Waals surface area contributed by atoms with Crippen molar-refractivity contribution in [2.45, 2.75) is 32.3 Å². The number of carbonyl (C=O) groups is 1. The number of hydrogen-bond donors (Lipinski definition) is 3. The van der Waals surface area contributed by atoms with Gasteiger partial charge in [-0.15, -0.1) is 0 Å². The first-order valence-corrected chi connectivity index (χ1v) is 4.80. The van der Waals surface area contributed by atoms with Gasteiger partial charge >= 0.3 is 0 Å². The van der Waals surface area contributed by atoms with E-state index < -0.39 is 0 Å². The summed E-state index contributed by atoms with van der Waals surface area (Å²) in [4.78, 5) is 11.0. The molecule has 0 saturated heterocycles. The van der Waals surface area contributed by atoms with Gasteiger partial charge in [-0.25, -0.2) is 0 Å². The number of carbonyl (C=O) groups excluding carboxylic acids is 1. The van der Waals surface area contributed by atoms with Gasteiger partial charge in [0.05, 0.1) is 6.10 Å². The molecule has 0 fully saturated rings. The van der Waals surface area contributed by atoms with Crippen LogP contribution in [0.3, 0.4) is 0 Å². The minimum Gasteiger partial charge on any atom is -0.393 e. The van der Waals surface area contributed by atoms with Crippen molar-refractivity contribution in [2.75, 3.05) is 20.1 Å². The lowest BCUT2D eigenvalue weighted by Crippen LogP contribution is -2.29. The topological polar surface area (TPSA) is 61.4 Å². The third kappa shape index (κ3) is 7.74. The van der Waals surface area contributed by atoms with Crippen LogP contribution in [0.2, 0.25) is 0 Å². The highest BCUT2D eigenvalue weighted by Crippen LogP contribution is 1.94. The summed E-state index contributed by atoms with van der Waals surface area (Å²) < 4.78 is 0. The summed E-state index contributed by atoms with van der Waals surface area (Å²) in [5.41, 5.74) is 0. The minimum atomic E-state index is -0.287. The standard InChI is InChI=1S/C9H20N2O2/c1-3-8(12)4-7-11-9(13)5-6-10-2/h8,10,12H,3-7H2,1-2H3,(H,11,13). The molecule has 0 aromatic heterocycles. The fourth-order valence-corrected chi connectivity index (χ4v) is 0.909. The number of aliphatic hydroxyl groups is 1. The number of aliphatic hydroxyl groups excluding tert-OH is 1. The smallest absolute Gasteiger partial charge is 0.221 e. The largest absolute Gasteiger partial charge is 0.393 e. The van der Waals surface area contributed by atoms with Gasteiger partial charge in [-0.2, -0.15) is 0 Å². The average Bonchev–Trinajstić information content (AvgIpc) is 2.14. The van der Waals surface area contributed by atoms with Gasteiger partial charge in [-0.3, -0.25) is 4.79 Å². The molecule has 0 aliphatic rings. The monoisotopic (exact) mass is 188 g/mol. The molecule has 4 nitrogen and oxygen atoms in total. The molecule has 0 saturated carbocycles. The molecule has 1 amide bonds. The lowest BCUT2D eigenvalue weighted by atomic mass is 10.2. The summed E-state index contributed by atoms with van der Waals surface area (Å²) in [7, 11) is 1.81. The minimum absolute atomic E-state index is 0.0395. The van der Waals surface area contributed by atoms with E-state index in [1.165, 1.54) is 0 Å². The van der Waals surface area contributed by atoms with E-state index in [1.54, 1.807) is 0 Å². The molecule has 78 valence electrons. The normalized spacial score (nSPS) is 12.5. The maximum Gasteiger partial charge on any atom is 0.221 e. The summed E-state index contributed by atoms with van der Waals surface area (Å²) >= 11 is 0. The lowest BCUT2D eigenvalue weighted by Gasteiger charge is -2.08. The van der Waals surface area contributed by atoms with Crippen molar-refractivity contribution in [3.8, 4) is 0 Å². The van der Waals surface area contributed by atoms with Crippen molar-refractivity contribution >= 4 is 5.91 Å². The Morgan fingerprint density at radius 1 is 1.46 bits per heavy atom. The summed E-state index contributed by atoms with van der Waals surface area (Å²) in [6.07, 6.45) is 1.59. The Labute approximate surface area is 79.7 Å². The van der Waals surface area contributed by atoms with Gasteiger partial charge in [-0.05, 0) is 19.9 Å². The lowest BCUT2D eigenvalue weighted by molar-refractivity contribution is -0.121. The van der Waals surface area contributed by atoms with E-state index in [2.05, 4.69) is 10.6 Å². The predicted molar refractivity (Wildman–Crippen MR) is 52.5 cm³/mol. The molecule has 0 aliphatic heterocycles. The second-order valence-corrected chi connectivity index (χ2v) is 3.05. The van der Waals surface area contributed by atoms with Crippen molar-refractivity contribution < 1.29 is 9.90 Å². The number of rotatable bonds is 7. The highest BCUT2D eigenvalue weighted by Gasteiger charge is 2.02. The highest BCUT2D eigenvalue weighted by atomic mass is 16.3. The maximum absolute atomic E-state index is 11.0. The molecule has 0 rings (SSSR count). The van der Waals surface area contributed by atoms with E-state index in [0.717, 1.165) is 6.42 Å². The van der Waals surface area contributed by atoms with Gasteiger partial charge in [0.15, 0.2) is 0 Å². The fraction of sp³-hybridized carbons (Fsp3) is 0.889. The molecule has 1 unspecified atom stereocenters. The van der Waals surface area contributed by atoms with Crippen LogP contribution in [0.15, 0.2) is 0 Å². The van der Waals surface area contributed by atoms with Crippen LogP contribution in [0.5, 0.6) is 0 Å². The van der Waals surface area contributed by atoms with Crippen molar-refractivity contribution in [1.29, 1.82) is 0 Å². The van der Waals surface area contributed by atoms with Crippen LogP contribution in [0, 0.1) is 0 Å². The SMILES string of the molecule is CCC(O)CCNC(=O)CCNC. The molecule has 0 spiro atoms. The van der Waals surface area contributed by atoms with Crippen LogP contribution in [0.25, 0.3) is 0 Å². The molecular formula is C9H20N2O2. The molecule has 13 heavy (non-hydrogen) atoms. The zero-order valence-corrected chi connectivity index (χ0v) is 8.47. The molecular weight excluding hydrogens is 168 g/mol. The molecule has 0 radical (unpaired) electrons. The van der Waals surface area contributed by atoms with E-state index in [0.29, 0.717) is 25.9 Å². The summed E-state index contributed by atoms with van der Waals surface area (Å²) in [5.74, 6) is 0.0395. The maximum atomic E-state index is 11.0. The van der Waals surface area contributed by atoms with Crippen LogP contribution in [-0.4, -0.2) is 37.3 Å². The zero-order valence-electron chi connectivity index (χ0n) is 8.47. The Balaban J connectivity index is 3.26. The van der Waals surface area contributed by atoms with Crippen LogP contribution in [-0.2, 0) is 4.79 Å². The second-order valence-electron chi connectivity index (χ2n) is 3.05. The summed E-state index contributed by atoms with van der Waals surface area (Å²) in [5, 5.41) is 14.8. The molecule has 1 atom stereocenters. The van der Waals surface area contributed by atoms with Crippen LogP contribution in [0.4, 0.5) is 0 Å². The average molecular weight is 188 g/mol. The molecule has 0 aromatic rings. The van der Waals surface area contributed by atoms with E-state index in [4.69, 9.17) is 0 Å². The summed E-state index contributed by atoms with van der Waals surface area (Å²) in [6, 6.07) is 0. The third-order valence-electron chi connectivity index (χ3n) is 1.87. The quantitative estimate of drug-likeness (QED) is 0.521. The Kier molecular flexibility index (Phi) is 7.63. The Morgan fingerprint density at radius 3 is 2.69 bits per heavy atom. The zero-order chi connectivity index (χ0) is 10.1. The first-order chi connectivity index (χ1) is 6.20. The summed E-state index contributed by atoms with van der Waals surface area (Å²) in [6.45, 7) is 3.19. The Morgan fingerprint density at radius 2 is 2.15 bits per heavy atom. The van der Waals surface area contributed by atoms with Crippen LogP contribution in [0.1, 0.15) is 26.2 Å². The first-order valence-electron chi connectivity index (χ1n) is 4.80. The second kappa shape index (κ2) is 8.01. The number of nitrogens with one attached hydrogen (secondary N) is 2. The predicted octanol–water partition coefficient (Wildman–Crippen LogP) is -0.127. The number of hydrogen-bond acceptors (Lipinski definition) is 3. The first kappa shape index (κ1) is 12.4. The Hall–Kier alpha value is -0.610. The molecule has 0 aromatic carbocycles. The molecule has 0 heterocycles. The highest BCUT2D eigenvalue weighted by molar-refractivity contribution is 5.75. The van der Waals surface area contributed by atoms with Crippen LogP contribution >= 0.6 is 0 Å². The van der Waals surface area contributed by atoms with Crippen molar-refractivity contribution in [2.24, 2.45) is 0 Å². The van der Waals surface area contributed by atoms with Gasteiger partial charge in [0, 0.05) is 19.5 Å². The van der Waals surface area contributed by atoms with E-state index in [-0.39, 0.29) is 12.0 Å². The van der Waals surface area contributed by atoms with E-state index in [1.807, 2.05) is 14.0 Å². The van der Waals surface area contributed by atoms with E-state index in [9.17, 15) is 9.90 Å². The molecule has 3 N–H and O–H groups in total. The van der Waals surface area contributed by atoms with Crippen molar-refractivity contribution in [3.63, 3.8) is 0 Å². The van der Waals surface area contributed by atoms with Crippen molar-refractivity contribution in [3.05, 3.63) is 0 Å². The van der Waals surface area contributed by atoms with Gasteiger partial charge in [0.25, 0.3) is 0 Å². The van der Waals surface area contributed by atoms with Crippen LogP contribution < -0.4 is 10.6 Å². The van der Waals surface area contributed by atoms with Gasteiger partial charge in [0.1, 0.15) is 0 Å². The molecule has 4 heteroatoms. The molecule has 0 bridgehead atoms. The van der Waals surface area contributed by atoms with Gasteiger partial charge in [0.2, 0.25) is 5.91 Å². The van der Waals surface area contributed by atoms with E-state index >= 15 is 0 Å². The molecule has 0 aliphatic carbocycles.